The molecule has 35 heavy (non-hydrogen) atoms. The van der Waals surface area contributed by atoms with Crippen LogP contribution in [0.15, 0.2) is 42.5 Å². The first-order valence-electron chi connectivity index (χ1n) is 11.6. The quantitative estimate of drug-likeness (QED) is 0.580. The Kier molecular flexibility index (Phi) is 8.77. The van der Waals surface area contributed by atoms with Crippen molar-refractivity contribution in [1.82, 2.24) is 5.32 Å². The molecule has 0 aliphatic heterocycles. The van der Waals surface area contributed by atoms with Crippen molar-refractivity contribution in [3.8, 4) is 0 Å². The molecule has 0 spiro atoms. The van der Waals surface area contributed by atoms with Crippen molar-refractivity contribution in [2.24, 2.45) is 0 Å². The van der Waals surface area contributed by atoms with Crippen LogP contribution in [0.3, 0.4) is 0 Å². The van der Waals surface area contributed by atoms with Gasteiger partial charge in [-0.3, -0.25) is 18.6 Å². The van der Waals surface area contributed by atoms with E-state index in [0.717, 1.165) is 36.8 Å². The van der Waals surface area contributed by atoms with Crippen molar-refractivity contribution in [3.05, 3.63) is 59.4 Å². The Balaban J connectivity index is 1.73. The summed E-state index contributed by atoms with van der Waals surface area (Å²) in [5, 5.41) is 5.42. The molecule has 2 aromatic carbocycles. The second kappa shape index (κ2) is 11.6. The van der Waals surface area contributed by atoms with Crippen LogP contribution in [0.4, 0.5) is 15.8 Å². The van der Waals surface area contributed by atoms with E-state index in [9.17, 15) is 23.0 Å². The maximum absolute atomic E-state index is 13.3. The fraction of sp³-hybridized carbons (Fsp3) is 0.423. The highest BCUT2D eigenvalue weighted by atomic mass is 32.2. The molecular weight excluding hydrogens is 469 g/mol. The molecule has 0 bridgehead atoms. The standard InChI is InChI=1S/C26H32FN3O4S/c1-26(2,3)29-23(31)15-30(22-10-6-8-18-7-4-5-9-21(18)22)25(33)17-35(34)16-24(32)28-20-13-11-19(27)12-14-20/h6,8,10-14H,4-5,7,9,15-17H2,1-3H3,(H,28,32)(H,29,31)/t35-/m1/s1. The summed E-state index contributed by atoms with van der Waals surface area (Å²) >= 11 is 0. The topological polar surface area (TPSA) is 95.6 Å². The van der Waals surface area contributed by atoms with Gasteiger partial charge in [-0.15, -0.1) is 0 Å². The summed E-state index contributed by atoms with van der Waals surface area (Å²) in [6.45, 7) is 5.37. The van der Waals surface area contributed by atoms with Crippen LogP contribution in [-0.2, 0) is 38.0 Å². The number of halogens is 1. The summed E-state index contributed by atoms with van der Waals surface area (Å²) in [5.41, 5.74) is 2.75. The monoisotopic (exact) mass is 501 g/mol. The average molecular weight is 502 g/mol. The number of rotatable bonds is 8. The second-order valence-electron chi connectivity index (χ2n) is 9.68. The molecule has 1 atom stereocenters. The van der Waals surface area contributed by atoms with Gasteiger partial charge in [-0.25, -0.2) is 4.39 Å². The van der Waals surface area contributed by atoms with Crippen LogP contribution >= 0.6 is 0 Å². The molecule has 0 aromatic heterocycles. The zero-order valence-electron chi connectivity index (χ0n) is 20.4. The van der Waals surface area contributed by atoms with Crippen LogP contribution < -0.4 is 15.5 Å². The SMILES string of the molecule is CC(C)(C)NC(=O)CN(C(=O)C[S@](=O)CC(=O)Nc1ccc(F)cc1)c1cccc2c1CCCC2. The van der Waals surface area contributed by atoms with Gasteiger partial charge in [-0.05, 0) is 87.9 Å². The van der Waals surface area contributed by atoms with E-state index in [0.29, 0.717) is 11.4 Å². The van der Waals surface area contributed by atoms with Crippen LogP contribution in [0.2, 0.25) is 0 Å². The Morgan fingerprint density at radius 1 is 0.971 bits per heavy atom. The van der Waals surface area contributed by atoms with Crippen molar-refractivity contribution in [3.63, 3.8) is 0 Å². The average Bonchev–Trinajstić information content (AvgIpc) is 2.77. The Morgan fingerprint density at radius 3 is 2.34 bits per heavy atom. The minimum Gasteiger partial charge on any atom is -0.350 e. The summed E-state index contributed by atoms with van der Waals surface area (Å²) < 4.78 is 25.7. The lowest BCUT2D eigenvalue weighted by atomic mass is 9.90. The molecule has 7 nitrogen and oxygen atoms in total. The second-order valence-corrected chi connectivity index (χ2v) is 11.1. The summed E-state index contributed by atoms with van der Waals surface area (Å²) in [7, 11) is -1.80. The minimum atomic E-state index is -1.80. The molecule has 3 rings (SSSR count). The van der Waals surface area contributed by atoms with Crippen LogP contribution in [0, 0.1) is 5.82 Å². The van der Waals surface area contributed by atoms with E-state index >= 15 is 0 Å². The first-order valence-corrected chi connectivity index (χ1v) is 13.1. The van der Waals surface area contributed by atoms with Gasteiger partial charge in [0.25, 0.3) is 0 Å². The zero-order valence-corrected chi connectivity index (χ0v) is 21.2. The number of nitrogens with zero attached hydrogens (tertiary/aromatic N) is 1. The van der Waals surface area contributed by atoms with E-state index in [1.807, 2.05) is 39.0 Å². The fourth-order valence-electron chi connectivity index (χ4n) is 4.07. The fourth-order valence-corrected chi connectivity index (χ4v) is 4.96. The Morgan fingerprint density at radius 2 is 1.66 bits per heavy atom. The van der Waals surface area contributed by atoms with E-state index in [2.05, 4.69) is 10.6 Å². The Hall–Kier alpha value is -3.07. The van der Waals surface area contributed by atoms with Crippen molar-refractivity contribution in [2.75, 3.05) is 28.3 Å². The molecule has 9 heteroatoms. The summed E-state index contributed by atoms with van der Waals surface area (Å²) in [5.74, 6) is -2.57. The van der Waals surface area contributed by atoms with Crippen LogP contribution in [0.5, 0.6) is 0 Å². The van der Waals surface area contributed by atoms with Crippen molar-refractivity contribution in [1.29, 1.82) is 0 Å². The number of carbonyl (C=O) groups is 3. The zero-order chi connectivity index (χ0) is 25.6. The van der Waals surface area contributed by atoms with Gasteiger partial charge in [0.15, 0.2) is 0 Å². The summed E-state index contributed by atoms with van der Waals surface area (Å²) in [6, 6.07) is 10.9. The first-order chi connectivity index (χ1) is 16.5. The molecular formula is C26H32FN3O4S. The molecule has 2 N–H and O–H groups in total. The van der Waals surface area contributed by atoms with Gasteiger partial charge < -0.3 is 15.5 Å². The lowest BCUT2D eigenvalue weighted by molar-refractivity contribution is -0.124. The molecule has 0 saturated heterocycles. The molecule has 3 amide bonds. The van der Waals surface area contributed by atoms with Crippen molar-refractivity contribution in [2.45, 2.75) is 52.0 Å². The third-order valence-electron chi connectivity index (χ3n) is 5.48. The van der Waals surface area contributed by atoms with Gasteiger partial charge >= 0.3 is 0 Å². The van der Waals surface area contributed by atoms with Crippen molar-refractivity contribution < 1.29 is 23.0 Å². The highest BCUT2D eigenvalue weighted by Crippen LogP contribution is 2.30. The third kappa shape index (κ3) is 7.99. The van der Waals surface area contributed by atoms with E-state index < -0.39 is 45.5 Å². The molecule has 0 radical (unpaired) electrons. The predicted molar refractivity (Wildman–Crippen MR) is 136 cm³/mol. The summed E-state index contributed by atoms with van der Waals surface area (Å²) in [4.78, 5) is 39.7. The smallest absolute Gasteiger partial charge is 0.240 e. The number of fused-ring (bicyclic) bond motifs is 1. The van der Waals surface area contributed by atoms with E-state index in [-0.39, 0.29) is 12.5 Å². The van der Waals surface area contributed by atoms with E-state index in [1.54, 1.807) is 0 Å². The molecule has 0 saturated carbocycles. The lowest BCUT2D eigenvalue weighted by Gasteiger charge is -2.29. The molecule has 1 aliphatic rings. The Labute approximate surface area is 207 Å². The van der Waals surface area contributed by atoms with Gasteiger partial charge in [0.1, 0.15) is 23.9 Å². The van der Waals surface area contributed by atoms with Gasteiger partial charge in [-0.2, -0.15) is 0 Å². The molecule has 2 aromatic rings. The highest BCUT2D eigenvalue weighted by Gasteiger charge is 2.27. The largest absolute Gasteiger partial charge is 0.350 e. The van der Waals surface area contributed by atoms with Gasteiger partial charge in [-0.1, -0.05) is 12.1 Å². The van der Waals surface area contributed by atoms with Crippen molar-refractivity contribution >= 4 is 39.9 Å². The highest BCUT2D eigenvalue weighted by molar-refractivity contribution is 7.86. The summed E-state index contributed by atoms with van der Waals surface area (Å²) in [6.07, 6.45) is 3.78. The number of hydrogen-bond acceptors (Lipinski definition) is 4. The molecule has 188 valence electrons. The molecule has 0 fully saturated rings. The maximum atomic E-state index is 13.3. The van der Waals surface area contributed by atoms with Gasteiger partial charge in [0.05, 0.1) is 0 Å². The van der Waals surface area contributed by atoms with E-state index in [1.165, 1.54) is 29.2 Å². The minimum absolute atomic E-state index is 0.203. The van der Waals surface area contributed by atoms with Gasteiger partial charge in [0, 0.05) is 27.7 Å². The number of carbonyl (C=O) groups excluding carboxylic acids is 3. The molecule has 0 unspecified atom stereocenters. The van der Waals surface area contributed by atoms with Crippen LogP contribution in [0.1, 0.15) is 44.7 Å². The number of benzene rings is 2. The maximum Gasteiger partial charge on any atom is 0.240 e. The van der Waals surface area contributed by atoms with Gasteiger partial charge in [0.2, 0.25) is 17.7 Å². The lowest BCUT2D eigenvalue weighted by Crippen LogP contribution is -2.48. The van der Waals surface area contributed by atoms with Crippen LogP contribution in [-0.4, -0.2) is 45.5 Å². The first kappa shape index (κ1) is 26.5. The predicted octanol–water partition coefficient (Wildman–Crippen LogP) is 3.34. The Bertz CT molecular complexity index is 1110. The molecule has 0 heterocycles. The number of nitrogens with one attached hydrogen (secondary N) is 2. The molecule has 1 aliphatic carbocycles. The van der Waals surface area contributed by atoms with Crippen LogP contribution in [0.25, 0.3) is 0 Å². The van der Waals surface area contributed by atoms with E-state index in [4.69, 9.17) is 0 Å². The number of anilines is 2. The number of aryl methyl sites for hydroxylation is 1. The third-order valence-corrected chi connectivity index (χ3v) is 6.64. The number of amides is 3. The number of hydrogen-bond donors (Lipinski definition) is 2. The normalized spacial score (nSPS) is 13.9.